The molecular weight excluding hydrogens is 397 g/mol. The number of ether oxygens (including phenoxy) is 1. The molecule has 4 rings (SSSR count). The highest BCUT2D eigenvalue weighted by Crippen LogP contribution is 2.25. The van der Waals surface area contributed by atoms with Gasteiger partial charge in [-0.3, -0.25) is 15.6 Å². The van der Waals surface area contributed by atoms with E-state index >= 15 is 0 Å². The van der Waals surface area contributed by atoms with Gasteiger partial charge in [-0.05, 0) is 29.6 Å². The van der Waals surface area contributed by atoms with Crippen molar-refractivity contribution in [1.82, 2.24) is 30.2 Å². The fraction of sp³-hybridized carbons (Fsp3) is 0.0556. The van der Waals surface area contributed by atoms with Crippen molar-refractivity contribution in [3.05, 3.63) is 65.7 Å². The van der Waals surface area contributed by atoms with Gasteiger partial charge in [-0.2, -0.15) is 4.98 Å². The number of hydrogen-bond acceptors (Lipinski definition) is 8. The number of anilines is 1. The molecule has 0 aliphatic heterocycles. The predicted octanol–water partition coefficient (Wildman–Crippen LogP) is 2.69. The van der Waals surface area contributed by atoms with Crippen LogP contribution in [-0.2, 0) is 0 Å². The number of aromatic nitrogens is 5. The molecule has 0 unspecified atom stereocenters. The minimum absolute atomic E-state index is 0.104. The Labute approximate surface area is 168 Å². The first kappa shape index (κ1) is 18.5. The number of benzene rings is 1. The van der Waals surface area contributed by atoms with E-state index in [1.165, 1.54) is 41.5 Å². The highest BCUT2D eigenvalue weighted by Gasteiger charge is 2.19. The molecule has 0 spiro atoms. The van der Waals surface area contributed by atoms with Crippen LogP contribution in [0.25, 0.3) is 16.4 Å². The fourth-order valence-electron chi connectivity index (χ4n) is 2.45. The SMILES string of the molecule is COc1ccnc(NNC(=O)c2nc(-c3cccs3)n(-c3cccc(F)c3)n2)n1. The summed E-state index contributed by atoms with van der Waals surface area (Å²) in [7, 11) is 1.47. The van der Waals surface area contributed by atoms with E-state index in [4.69, 9.17) is 4.74 Å². The molecule has 1 aromatic carbocycles. The smallest absolute Gasteiger partial charge is 0.309 e. The van der Waals surface area contributed by atoms with Crippen LogP contribution < -0.4 is 15.6 Å². The van der Waals surface area contributed by atoms with Gasteiger partial charge in [0.05, 0.1) is 17.7 Å². The minimum Gasteiger partial charge on any atom is -0.481 e. The van der Waals surface area contributed by atoms with E-state index in [1.54, 1.807) is 18.2 Å². The first-order valence-corrected chi connectivity index (χ1v) is 9.22. The van der Waals surface area contributed by atoms with Gasteiger partial charge in [-0.25, -0.2) is 19.0 Å². The lowest BCUT2D eigenvalue weighted by molar-refractivity contribution is 0.0952. The lowest BCUT2D eigenvalue weighted by atomic mass is 10.3. The first-order chi connectivity index (χ1) is 14.1. The average molecular weight is 411 g/mol. The molecule has 3 aromatic heterocycles. The Kier molecular flexibility index (Phi) is 5.12. The molecule has 2 N–H and O–H groups in total. The van der Waals surface area contributed by atoms with Crippen molar-refractivity contribution in [1.29, 1.82) is 0 Å². The van der Waals surface area contributed by atoms with Crippen molar-refractivity contribution in [3.8, 4) is 22.3 Å². The molecule has 11 heteroatoms. The molecule has 0 aliphatic rings. The summed E-state index contributed by atoms with van der Waals surface area (Å²) < 4.78 is 20.1. The number of nitrogens with one attached hydrogen (secondary N) is 2. The standard InChI is InChI=1S/C18H14FN7O2S/c1-28-14-7-8-20-18(21-14)24-23-17(27)15-22-16(13-6-3-9-29-13)26(25-15)12-5-2-4-11(19)10-12/h2-10H,1H3,(H,23,27)(H,20,21,24). The molecule has 0 saturated heterocycles. The van der Waals surface area contributed by atoms with Gasteiger partial charge in [0.15, 0.2) is 5.82 Å². The number of rotatable bonds is 6. The number of nitrogens with zero attached hydrogens (tertiary/aromatic N) is 5. The molecule has 0 fully saturated rings. The van der Waals surface area contributed by atoms with Gasteiger partial charge < -0.3 is 4.74 Å². The number of halogens is 1. The molecule has 4 aromatic rings. The Bertz CT molecular complexity index is 1150. The third kappa shape index (κ3) is 4.04. The zero-order valence-electron chi connectivity index (χ0n) is 15.0. The molecule has 0 aliphatic carbocycles. The van der Waals surface area contributed by atoms with Crippen molar-refractivity contribution >= 4 is 23.2 Å². The van der Waals surface area contributed by atoms with Crippen LogP contribution in [0.4, 0.5) is 10.3 Å². The molecule has 1 amide bonds. The molecule has 9 nitrogen and oxygen atoms in total. The van der Waals surface area contributed by atoms with E-state index in [2.05, 4.69) is 30.9 Å². The summed E-state index contributed by atoms with van der Waals surface area (Å²) in [5.41, 5.74) is 5.47. The van der Waals surface area contributed by atoms with Crippen molar-refractivity contribution < 1.29 is 13.9 Å². The molecule has 3 heterocycles. The van der Waals surface area contributed by atoms with Gasteiger partial charge in [0, 0.05) is 12.3 Å². The van der Waals surface area contributed by atoms with Gasteiger partial charge in [-0.15, -0.1) is 16.4 Å². The number of carbonyl (C=O) groups is 1. The Morgan fingerprint density at radius 2 is 2.10 bits per heavy atom. The maximum absolute atomic E-state index is 13.7. The highest BCUT2D eigenvalue weighted by atomic mass is 32.1. The van der Waals surface area contributed by atoms with E-state index in [-0.39, 0.29) is 11.8 Å². The van der Waals surface area contributed by atoms with Gasteiger partial charge in [0.25, 0.3) is 0 Å². The van der Waals surface area contributed by atoms with E-state index in [1.807, 2.05) is 17.5 Å². The Morgan fingerprint density at radius 1 is 1.21 bits per heavy atom. The van der Waals surface area contributed by atoms with E-state index in [9.17, 15) is 9.18 Å². The Balaban J connectivity index is 1.62. The summed E-state index contributed by atoms with van der Waals surface area (Å²) in [5, 5.41) is 6.13. The zero-order valence-corrected chi connectivity index (χ0v) is 15.9. The number of hydrazine groups is 1. The van der Waals surface area contributed by atoms with Crippen molar-refractivity contribution in [3.63, 3.8) is 0 Å². The largest absolute Gasteiger partial charge is 0.481 e. The molecule has 146 valence electrons. The summed E-state index contributed by atoms with van der Waals surface area (Å²) in [6.07, 6.45) is 1.48. The average Bonchev–Trinajstić information content (AvgIpc) is 3.42. The summed E-state index contributed by atoms with van der Waals surface area (Å²) >= 11 is 1.43. The second-order valence-corrected chi connectivity index (χ2v) is 6.58. The molecule has 0 bridgehead atoms. The second-order valence-electron chi connectivity index (χ2n) is 5.63. The van der Waals surface area contributed by atoms with Crippen LogP contribution in [0, 0.1) is 5.82 Å². The van der Waals surface area contributed by atoms with Crippen LogP contribution in [0.1, 0.15) is 10.6 Å². The van der Waals surface area contributed by atoms with Crippen molar-refractivity contribution in [2.75, 3.05) is 12.5 Å². The zero-order chi connectivity index (χ0) is 20.2. The molecule has 0 saturated carbocycles. The predicted molar refractivity (Wildman–Crippen MR) is 104 cm³/mol. The molecule has 29 heavy (non-hydrogen) atoms. The fourth-order valence-corrected chi connectivity index (χ4v) is 3.14. The number of hydrogen-bond donors (Lipinski definition) is 2. The van der Waals surface area contributed by atoms with Gasteiger partial charge >= 0.3 is 5.91 Å². The Hall–Kier alpha value is -3.86. The van der Waals surface area contributed by atoms with Crippen LogP contribution in [0.2, 0.25) is 0 Å². The summed E-state index contributed by atoms with van der Waals surface area (Å²) in [6, 6.07) is 11.2. The van der Waals surface area contributed by atoms with Gasteiger partial charge in [0.1, 0.15) is 5.82 Å². The lowest BCUT2D eigenvalue weighted by Gasteiger charge is -2.05. The first-order valence-electron chi connectivity index (χ1n) is 8.34. The van der Waals surface area contributed by atoms with Gasteiger partial charge in [-0.1, -0.05) is 12.1 Å². The monoisotopic (exact) mass is 411 g/mol. The topological polar surface area (TPSA) is 107 Å². The van der Waals surface area contributed by atoms with Crippen LogP contribution in [-0.4, -0.2) is 37.7 Å². The van der Waals surface area contributed by atoms with E-state index < -0.39 is 11.7 Å². The summed E-state index contributed by atoms with van der Waals surface area (Å²) in [5.74, 6) is -0.227. The quantitative estimate of drug-likeness (QED) is 0.470. The maximum atomic E-state index is 13.7. The van der Waals surface area contributed by atoms with Crippen molar-refractivity contribution in [2.24, 2.45) is 0 Å². The van der Waals surface area contributed by atoms with Crippen LogP contribution in [0.3, 0.4) is 0 Å². The van der Waals surface area contributed by atoms with E-state index in [0.29, 0.717) is 17.4 Å². The van der Waals surface area contributed by atoms with Crippen LogP contribution in [0.15, 0.2) is 54.0 Å². The number of methoxy groups -OCH3 is 1. The van der Waals surface area contributed by atoms with Crippen LogP contribution >= 0.6 is 11.3 Å². The summed E-state index contributed by atoms with van der Waals surface area (Å²) in [6.45, 7) is 0. The Morgan fingerprint density at radius 3 is 2.86 bits per heavy atom. The second kappa shape index (κ2) is 8.02. The number of amides is 1. The third-order valence-electron chi connectivity index (χ3n) is 3.73. The number of carbonyl (C=O) groups excluding carboxylic acids is 1. The minimum atomic E-state index is -0.607. The van der Waals surface area contributed by atoms with Crippen molar-refractivity contribution in [2.45, 2.75) is 0 Å². The summed E-state index contributed by atoms with van der Waals surface area (Å²) in [4.78, 5) is 25.6. The van der Waals surface area contributed by atoms with Gasteiger partial charge in [0.2, 0.25) is 17.7 Å². The number of thiophene rings is 1. The lowest BCUT2D eigenvalue weighted by Crippen LogP contribution is -2.31. The molecule has 0 radical (unpaired) electrons. The van der Waals surface area contributed by atoms with E-state index in [0.717, 1.165) is 4.88 Å². The highest BCUT2D eigenvalue weighted by molar-refractivity contribution is 7.13. The van der Waals surface area contributed by atoms with Crippen LogP contribution in [0.5, 0.6) is 5.88 Å². The maximum Gasteiger partial charge on any atom is 0.309 e. The third-order valence-corrected chi connectivity index (χ3v) is 4.60. The molecule has 0 atom stereocenters. The normalized spacial score (nSPS) is 10.6. The molecular formula is C18H14FN7O2S.